The number of fused-ring (bicyclic) bond motifs is 1. The van der Waals surface area contributed by atoms with Crippen LogP contribution in [0, 0.1) is 5.41 Å². The summed E-state index contributed by atoms with van der Waals surface area (Å²) in [6.07, 6.45) is 1.27. The molecule has 32 heavy (non-hydrogen) atoms. The van der Waals surface area contributed by atoms with Crippen molar-refractivity contribution < 1.29 is 9.59 Å². The molecule has 0 saturated carbocycles. The zero-order valence-electron chi connectivity index (χ0n) is 17.9. The third-order valence-corrected chi connectivity index (χ3v) is 8.06. The number of halogens is 1. The highest BCUT2D eigenvalue weighted by Crippen LogP contribution is 2.47. The summed E-state index contributed by atoms with van der Waals surface area (Å²) in [5, 5.41) is 11.0. The van der Waals surface area contributed by atoms with Crippen LogP contribution in [-0.2, 0) is 9.59 Å². The van der Waals surface area contributed by atoms with Crippen molar-refractivity contribution in [3.05, 3.63) is 67.6 Å². The van der Waals surface area contributed by atoms with Gasteiger partial charge in [-0.25, -0.2) is 4.98 Å². The van der Waals surface area contributed by atoms with Gasteiger partial charge in [-0.1, -0.05) is 41.1 Å². The Labute approximate surface area is 202 Å². The van der Waals surface area contributed by atoms with Crippen molar-refractivity contribution in [2.24, 2.45) is 5.41 Å². The van der Waals surface area contributed by atoms with E-state index in [1.54, 1.807) is 11.3 Å². The Hall–Kier alpha value is -2.29. The van der Waals surface area contributed by atoms with Crippen LogP contribution in [0.4, 0.5) is 5.13 Å². The Balaban J connectivity index is 1.54. The summed E-state index contributed by atoms with van der Waals surface area (Å²) in [5.74, 6) is -0.485. The number of hydrogen-bond acceptors (Lipinski definition) is 6. The van der Waals surface area contributed by atoms with Gasteiger partial charge < -0.3 is 5.32 Å². The molecule has 2 aliphatic rings. The molecule has 8 heteroatoms. The highest BCUT2D eigenvalue weighted by Gasteiger charge is 2.42. The molecule has 5 rings (SSSR count). The monoisotopic (exact) mass is 527 g/mol. The Morgan fingerprint density at radius 3 is 2.84 bits per heavy atom. The first-order valence-corrected chi connectivity index (χ1v) is 12.9. The van der Waals surface area contributed by atoms with E-state index in [2.05, 4.69) is 45.4 Å². The molecule has 164 valence electrons. The summed E-state index contributed by atoms with van der Waals surface area (Å²) >= 11 is 6.49. The second-order valence-corrected chi connectivity index (χ2v) is 11.8. The van der Waals surface area contributed by atoms with Crippen molar-refractivity contribution in [3.8, 4) is 0 Å². The SMILES string of the molecule is CC1=C(C(=O)Nc2nc3ccc(Br)cc3s2)C(c2ccsc2)C2=C(CC(C)(C)CC2=O)N1. The second-order valence-electron chi connectivity index (χ2n) is 9.07. The number of rotatable bonds is 3. The lowest BCUT2D eigenvalue weighted by Crippen LogP contribution is -2.39. The molecule has 0 fully saturated rings. The number of nitrogens with one attached hydrogen (secondary N) is 2. The molecule has 3 heterocycles. The van der Waals surface area contributed by atoms with E-state index in [9.17, 15) is 9.59 Å². The third kappa shape index (κ3) is 3.84. The molecular formula is C24H22BrN3O2S2. The Bertz CT molecular complexity index is 1320. The molecule has 2 N–H and O–H groups in total. The number of benzene rings is 1. The number of Topliss-reactive ketones (excluding diaryl/α,β-unsaturated/α-hetero) is 1. The molecule has 0 saturated heterocycles. The summed E-state index contributed by atoms with van der Waals surface area (Å²) in [6, 6.07) is 7.85. The zero-order valence-corrected chi connectivity index (χ0v) is 21.1. The minimum Gasteiger partial charge on any atom is -0.362 e. The highest BCUT2D eigenvalue weighted by molar-refractivity contribution is 9.10. The van der Waals surface area contributed by atoms with Gasteiger partial charge in [0.15, 0.2) is 10.9 Å². The molecule has 1 amide bonds. The van der Waals surface area contributed by atoms with Gasteiger partial charge in [0.1, 0.15) is 0 Å². The van der Waals surface area contributed by atoms with Gasteiger partial charge in [-0.15, -0.1) is 0 Å². The number of thiazole rings is 1. The average molecular weight is 528 g/mol. The van der Waals surface area contributed by atoms with Gasteiger partial charge in [0.25, 0.3) is 5.91 Å². The summed E-state index contributed by atoms with van der Waals surface area (Å²) < 4.78 is 1.96. The van der Waals surface area contributed by atoms with Gasteiger partial charge in [0.2, 0.25) is 0 Å². The summed E-state index contributed by atoms with van der Waals surface area (Å²) in [7, 11) is 0. The van der Waals surface area contributed by atoms with Crippen LogP contribution in [0.15, 0.2) is 62.0 Å². The van der Waals surface area contributed by atoms with Crippen LogP contribution in [0.5, 0.6) is 0 Å². The van der Waals surface area contributed by atoms with Crippen LogP contribution in [0.25, 0.3) is 10.2 Å². The van der Waals surface area contributed by atoms with E-state index in [1.807, 2.05) is 41.9 Å². The van der Waals surface area contributed by atoms with Crippen LogP contribution >= 0.6 is 38.6 Å². The first kappa shape index (κ1) is 21.6. The first-order chi connectivity index (χ1) is 15.2. The fourth-order valence-corrected chi connectivity index (χ4v) is 6.72. The van der Waals surface area contributed by atoms with Crippen molar-refractivity contribution in [2.75, 3.05) is 5.32 Å². The number of hydrogen-bond donors (Lipinski definition) is 2. The number of allylic oxidation sites excluding steroid dienone is 3. The predicted molar refractivity (Wildman–Crippen MR) is 134 cm³/mol. The number of amides is 1. The highest BCUT2D eigenvalue weighted by atomic mass is 79.9. The maximum atomic E-state index is 13.6. The van der Waals surface area contributed by atoms with E-state index < -0.39 is 0 Å². The number of nitrogens with zero attached hydrogens (tertiary/aromatic N) is 1. The minimum atomic E-state index is -0.371. The second kappa shape index (κ2) is 7.93. The molecule has 0 radical (unpaired) electrons. The lowest BCUT2D eigenvalue weighted by Gasteiger charge is -2.39. The molecule has 1 unspecified atom stereocenters. The number of dihydropyridines is 1. The minimum absolute atomic E-state index is 0.0998. The molecule has 1 atom stereocenters. The molecule has 1 aromatic carbocycles. The first-order valence-electron chi connectivity index (χ1n) is 10.4. The van der Waals surface area contributed by atoms with E-state index in [1.165, 1.54) is 11.3 Å². The van der Waals surface area contributed by atoms with Crippen LogP contribution in [-0.4, -0.2) is 16.7 Å². The summed E-state index contributed by atoms with van der Waals surface area (Å²) in [6.45, 7) is 6.14. The van der Waals surface area contributed by atoms with Gasteiger partial charge in [0.05, 0.1) is 10.2 Å². The maximum absolute atomic E-state index is 13.6. The number of ketones is 1. The fraction of sp³-hybridized carbons (Fsp3) is 0.292. The Morgan fingerprint density at radius 1 is 1.28 bits per heavy atom. The van der Waals surface area contributed by atoms with Crippen molar-refractivity contribution in [1.82, 2.24) is 10.3 Å². The van der Waals surface area contributed by atoms with E-state index in [0.29, 0.717) is 17.1 Å². The molecule has 0 bridgehead atoms. The molecule has 0 spiro atoms. The smallest absolute Gasteiger partial charge is 0.256 e. The molecular weight excluding hydrogens is 506 g/mol. The van der Waals surface area contributed by atoms with Crippen molar-refractivity contribution in [2.45, 2.75) is 39.5 Å². The van der Waals surface area contributed by atoms with Crippen LogP contribution in [0.2, 0.25) is 0 Å². The number of anilines is 1. The standard InChI is InChI=1S/C24H22BrN3O2S2/c1-12-19(22(30)28-23-27-15-5-4-14(25)8-18(15)32-23)20(13-6-7-31-11-13)21-16(26-12)9-24(2,3)10-17(21)29/h4-8,11,20,26H,9-10H2,1-3H3,(H,27,28,30). The summed E-state index contributed by atoms with van der Waals surface area (Å²) in [5.41, 5.74) is 4.76. The normalized spacial score (nSPS) is 20.4. The van der Waals surface area contributed by atoms with Crippen molar-refractivity contribution in [1.29, 1.82) is 0 Å². The number of thiophene rings is 1. The van der Waals surface area contributed by atoms with Crippen LogP contribution < -0.4 is 10.6 Å². The van der Waals surface area contributed by atoms with Gasteiger partial charge in [0, 0.05) is 39.4 Å². The van der Waals surface area contributed by atoms with Gasteiger partial charge in [-0.05, 0) is 59.3 Å². The zero-order chi connectivity index (χ0) is 22.6. The molecule has 5 nitrogen and oxygen atoms in total. The van der Waals surface area contributed by atoms with E-state index in [4.69, 9.17) is 0 Å². The van der Waals surface area contributed by atoms with Crippen molar-refractivity contribution in [3.63, 3.8) is 0 Å². The van der Waals surface area contributed by atoms with Crippen molar-refractivity contribution >= 4 is 65.6 Å². The van der Waals surface area contributed by atoms with E-state index >= 15 is 0 Å². The Kier molecular flexibility index (Phi) is 5.34. The average Bonchev–Trinajstić information content (AvgIpc) is 3.34. The number of aromatic nitrogens is 1. The lowest BCUT2D eigenvalue weighted by molar-refractivity contribution is -0.118. The molecule has 2 aromatic heterocycles. The van der Waals surface area contributed by atoms with E-state index in [0.717, 1.165) is 43.6 Å². The third-order valence-electron chi connectivity index (χ3n) is 5.93. The predicted octanol–water partition coefficient (Wildman–Crippen LogP) is 6.36. The summed E-state index contributed by atoms with van der Waals surface area (Å²) in [4.78, 5) is 31.4. The molecule has 1 aliphatic heterocycles. The van der Waals surface area contributed by atoms with Gasteiger partial charge >= 0.3 is 0 Å². The quantitative estimate of drug-likeness (QED) is 0.415. The fourth-order valence-electron chi connectivity index (χ4n) is 4.63. The molecule has 3 aromatic rings. The van der Waals surface area contributed by atoms with Gasteiger partial charge in [-0.3, -0.25) is 14.9 Å². The lowest BCUT2D eigenvalue weighted by atomic mass is 9.69. The largest absolute Gasteiger partial charge is 0.362 e. The number of carbonyl (C=O) groups excluding carboxylic acids is 2. The number of carbonyl (C=O) groups is 2. The van der Waals surface area contributed by atoms with Crippen LogP contribution in [0.1, 0.15) is 45.1 Å². The van der Waals surface area contributed by atoms with Crippen LogP contribution in [0.3, 0.4) is 0 Å². The molecule has 1 aliphatic carbocycles. The topological polar surface area (TPSA) is 71.1 Å². The van der Waals surface area contributed by atoms with E-state index in [-0.39, 0.29) is 23.0 Å². The van der Waals surface area contributed by atoms with Gasteiger partial charge in [-0.2, -0.15) is 11.3 Å². The maximum Gasteiger partial charge on any atom is 0.256 e. The Morgan fingerprint density at radius 2 is 2.09 bits per heavy atom.